The predicted molar refractivity (Wildman–Crippen MR) is 36.9 cm³/mol. The van der Waals surface area contributed by atoms with Crippen LogP contribution < -0.4 is 0 Å². The van der Waals surface area contributed by atoms with Crippen molar-refractivity contribution in [3.8, 4) is 12.3 Å². The van der Waals surface area contributed by atoms with Crippen molar-refractivity contribution < 1.29 is 27.5 Å². The Morgan fingerprint density at radius 1 is 1.20 bits per heavy atom. The van der Waals surface area contributed by atoms with Crippen LogP contribution in [0.15, 0.2) is 0 Å². The zero-order chi connectivity index (χ0) is 6.74. The van der Waals surface area contributed by atoms with Crippen LogP contribution in [0.25, 0.3) is 0 Å². The van der Waals surface area contributed by atoms with Gasteiger partial charge < -0.3 is 5.11 Å². The minimum Gasteiger partial charge on any atom is -0.378 e. The van der Waals surface area contributed by atoms with Crippen molar-refractivity contribution in [3.05, 3.63) is 0 Å². The van der Waals surface area contributed by atoms with E-state index < -0.39 is 5.60 Å². The fourth-order valence-electron chi connectivity index (χ4n) is 1.28. The van der Waals surface area contributed by atoms with E-state index in [-0.39, 0.29) is 22.4 Å². The van der Waals surface area contributed by atoms with Crippen LogP contribution in [-0.4, -0.2) is 10.7 Å². The molecule has 1 saturated carbocycles. The van der Waals surface area contributed by atoms with Gasteiger partial charge in [-0.3, -0.25) is 0 Å². The molecule has 0 aromatic rings. The van der Waals surface area contributed by atoms with Crippen molar-refractivity contribution in [2.24, 2.45) is 0 Å². The van der Waals surface area contributed by atoms with Crippen LogP contribution in [0.5, 0.6) is 0 Å². The molecular formula is C8H12AgO. The zero-order valence-electron chi connectivity index (χ0n) is 5.86. The van der Waals surface area contributed by atoms with E-state index in [2.05, 4.69) is 5.92 Å². The van der Waals surface area contributed by atoms with Gasteiger partial charge in [-0.05, 0) is 25.7 Å². The molecule has 0 aromatic carbocycles. The molecule has 0 saturated heterocycles. The van der Waals surface area contributed by atoms with Crippen LogP contribution in [0, 0.1) is 12.3 Å². The molecular weight excluding hydrogens is 220 g/mol. The Labute approximate surface area is 77.7 Å². The van der Waals surface area contributed by atoms with E-state index in [1.807, 2.05) is 0 Å². The summed E-state index contributed by atoms with van der Waals surface area (Å²) in [6, 6.07) is 0. The molecule has 0 unspecified atom stereocenters. The van der Waals surface area contributed by atoms with E-state index in [0.717, 1.165) is 25.7 Å². The van der Waals surface area contributed by atoms with Crippen LogP contribution in [0.3, 0.4) is 0 Å². The zero-order valence-corrected chi connectivity index (χ0v) is 7.34. The standard InChI is InChI=1S/C8H12O.Ag/c1-2-8(9)6-4-3-5-7-8;/h1,9H,3-7H2;. The van der Waals surface area contributed by atoms with Gasteiger partial charge in [-0.1, -0.05) is 12.3 Å². The Morgan fingerprint density at radius 2 is 1.70 bits per heavy atom. The Hall–Kier alpha value is 0.260. The van der Waals surface area contributed by atoms with Crippen molar-refractivity contribution >= 4 is 0 Å². The van der Waals surface area contributed by atoms with E-state index in [1.165, 1.54) is 6.42 Å². The van der Waals surface area contributed by atoms with Gasteiger partial charge in [0.25, 0.3) is 0 Å². The maximum Gasteiger partial charge on any atom is 0.125 e. The second-order valence-electron chi connectivity index (χ2n) is 2.74. The molecule has 0 heterocycles. The first-order chi connectivity index (χ1) is 4.27. The Kier molecular flexibility index (Phi) is 4.31. The summed E-state index contributed by atoms with van der Waals surface area (Å²) < 4.78 is 0. The van der Waals surface area contributed by atoms with E-state index in [0.29, 0.717) is 0 Å². The van der Waals surface area contributed by atoms with Gasteiger partial charge in [0.2, 0.25) is 0 Å². The van der Waals surface area contributed by atoms with Crippen LogP contribution in [-0.2, 0) is 22.4 Å². The average molecular weight is 232 g/mol. The maximum absolute atomic E-state index is 9.44. The van der Waals surface area contributed by atoms with Gasteiger partial charge in [0.1, 0.15) is 5.60 Å². The van der Waals surface area contributed by atoms with Crippen LogP contribution >= 0.6 is 0 Å². The molecule has 0 spiro atoms. The first-order valence-corrected chi connectivity index (χ1v) is 3.47. The van der Waals surface area contributed by atoms with Crippen molar-refractivity contribution in [2.75, 3.05) is 0 Å². The molecule has 1 N–H and O–H groups in total. The SMILES string of the molecule is C#CC1(O)CCCCC1.[Ag]. The van der Waals surface area contributed by atoms with E-state index in [1.54, 1.807) is 0 Å². The number of terminal acetylenes is 1. The molecule has 2 heteroatoms. The summed E-state index contributed by atoms with van der Waals surface area (Å²) in [5.74, 6) is 2.44. The number of hydrogen-bond acceptors (Lipinski definition) is 1. The summed E-state index contributed by atoms with van der Waals surface area (Å²) in [4.78, 5) is 0. The Morgan fingerprint density at radius 3 is 2.00 bits per heavy atom. The number of hydrogen-bond donors (Lipinski definition) is 1. The Bertz CT molecular complexity index is 131. The first-order valence-electron chi connectivity index (χ1n) is 3.47. The molecule has 10 heavy (non-hydrogen) atoms. The third kappa shape index (κ3) is 2.48. The van der Waals surface area contributed by atoms with Crippen molar-refractivity contribution in [1.29, 1.82) is 0 Å². The second kappa shape index (κ2) is 4.20. The summed E-state index contributed by atoms with van der Waals surface area (Å²) >= 11 is 0. The van der Waals surface area contributed by atoms with Gasteiger partial charge in [-0.15, -0.1) is 6.42 Å². The van der Waals surface area contributed by atoms with Gasteiger partial charge in [-0.2, -0.15) is 0 Å². The molecule has 0 bridgehead atoms. The molecule has 1 nitrogen and oxygen atoms in total. The summed E-state index contributed by atoms with van der Waals surface area (Å²) in [6.45, 7) is 0. The molecule has 1 aliphatic carbocycles. The monoisotopic (exact) mass is 231 g/mol. The quantitative estimate of drug-likeness (QED) is 0.493. The average Bonchev–Trinajstić information content (AvgIpc) is 1.90. The fourth-order valence-corrected chi connectivity index (χ4v) is 1.28. The second-order valence-corrected chi connectivity index (χ2v) is 2.74. The summed E-state index contributed by atoms with van der Waals surface area (Å²) in [6.07, 6.45) is 10.1. The van der Waals surface area contributed by atoms with Gasteiger partial charge in [0.15, 0.2) is 0 Å². The largest absolute Gasteiger partial charge is 0.378 e. The number of aliphatic hydroxyl groups is 1. The minimum atomic E-state index is -0.752. The minimum absolute atomic E-state index is 0. The third-order valence-electron chi connectivity index (χ3n) is 1.95. The summed E-state index contributed by atoms with van der Waals surface area (Å²) in [5.41, 5.74) is -0.752. The molecule has 1 radical (unpaired) electrons. The molecule has 1 rings (SSSR count). The van der Waals surface area contributed by atoms with Crippen molar-refractivity contribution in [3.63, 3.8) is 0 Å². The summed E-state index contributed by atoms with van der Waals surface area (Å²) in [7, 11) is 0. The van der Waals surface area contributed by atoms with Gasteiger partial charge in [-0.25, -0.2) is 0 Å². The van der Waals surface area contributed by atoms with Gasteiger partial charge in [0.05, 0.1) is 0 Å². The molecule has 0 aliphatic heterocycles. The molecule has 61 valence electrons. The van der Waals surface area contributed by atoms with Crippen LogP contribution in [0.2, 0.25) is 0 Å². The molecule has 0 amide bonds. The summed E-state index contributed by atoms with van der Waals surface area (Å²) in [5, 5.41) is 9.44. The normalized spacial score (nSPS) is 22.4. The van der Waals surface area contributed by atoms with E-state index in [4.69, 9.17) is 6.42 Å². The van der Waals surface area contributed by atoms with Gasteiger partial charge in [0, 0.05) is 22.4 Å². The van der Waals surface area contributed by atoms with Gasteiger partial charge >= 0.3 is 0 Å². The van der Waals surface area contributed by atoms with E-state index >= 15 is 0 Å². The molecule has 0 aromatic heterocycles. The fraction of sp³-hybridized carbons (Fsp3) is 0.750. The van der Waals surface area contributed by atoms with E-state index in [9.17, 15) is 5.11 Å². The molecule has 0 atom stereocenters. The number of rotatable bonds is 0. The Balaban J connectivity index is 0.000000810. The molecule has 1 aliphatic rings. The first kappa shape index (κ1) is 10.3. The maximum atomic E-state index is 9.44. The molecule has 1 fully saturated rings. The van der Waals surface area contributed by atoms with Crippen molar-refractivity contribution in [2.45, 2.75) is 37.7 Å². The van der Waals surface area contributed by atoms with Crippen molar-refractivity contribution in [1.82, 2.24) is 0 Å². The third-order valence-corrected chi connectivity index (χ3v) is 1.95. The van der Waals surface area contributed by atoms with Crippen LogP contribution in [0.4, 0.5) is 0 Å². The topological polar surface area (TPSA) is 20.2 Å². The predicted octanol–water partition coefficient (Wildman–Crippen LogP) is 1.31. The smallest absolute Gasteiger partial charge is 0.125 e. The van der Waals surface area contributed by atoms with Crippen LogP contribution in [0.1, 0.15) is 32.1 Å².